The monoisotopic (exact) mass is 242 g/mol. The van der Waals surface area contributed by atoms with Crippen LogP contribution in [0.1, 0.15) is 24.0 Å². The van der Waals surface area contributed by atoms with E-state index in [4.69, 9.17) is 10.2 Å². The van der Waals surface area contributed by atoms with Gasteiger partial charge in [-0.3, -0.25) is 4.90 Å². The number of hydrogen-bond donors (Lipinski definition) is 1. The fraction of sp³-hybridized carbons (Fsp3) is 0.667. The van der Waals surface area contributed by atoms with Crippen LogP contribution in [-0.4, -0.2) is 30.8 Å². The van der Waals surface area contributed by atoms with Crippen molar-refractivity contribution >= 4 is 11.8 Å². The number of rotatable bonds is 7. The van der Waals surface area contributed by atoms with E-state index in [1.54, 1.807) is 0 Å². The van der Waals surface area contributed by atoms with E-state index in [1.807, 2.05) is 11.8 Å². The van der Waals surface area contributed by atoms with E-state index >= 15 is 0 Å². The number of aryl methyl sites for hydroxylation is 1. The molecule has 0 bridgehead atoms. The van der Waals surface area contributed by atoms with E-state index in [9.17, 15) is 0 Å². The number of thioether (sulfide) groups is 1. The molecule has 0 radical (unpaired) electrons. The molecule has 0 aliphatic rings. The lowest BCUT2D eigenvalue weighted by Crippen LogP contribution is -2.16. The first-order valence-electron chi connectivity index (χ1n) is 5.72. The molecule has 1 aromatic rings. The number of nitrogens with zero attached hydrogens (tertiary/aromatic N) is 1. The topological polar surface area (TPSA) is 42.4 Å². The zero-order valence-electron chi connectivity index (χ0n) is 10.5. The third-order valence-corrected chi connectivity index (χ3v) is 3.52. The summed E-state index contributed by atoms with van der Waals surface area (Å²) in [4.78, 5) is 2.23. The highest BCUT2D eigenvalue weighted by molar-refractivity contribution is 7.98. The first-order chi connectivity index (χ1) is 7.67. The number of hydrogen-bond acceptors (Lipinski definition) is 4. The van der Waals surface area contributed by atoms with E-state index in [2.05, 4.69) is 31.9 Å². The van der Waals surface area contributed by atoms with Crippen molar-refractivity contribution in [1.29, 1.82) is 0 Å². The molecule has 1 aromatic heterocycles. The zero-order valence-corrected chi connectivity index (χ0v) is 11.3. The van der Waals surface area contributed by atoms with Crippen LogP contribution in [0.15, 0.2) is 10.5 Å². The van der Waals surface area contributed by atoms with Gasteiger partial charge in [-0.15, -0.1) is 0 Å². The summed E-state index contributed by atoms with van der Waals surface area (Å²) in [5.74, 6) is 4.08. The van der Waals surface area contributed by atoms with Crippen LogP contribution in [0.2, 0.25) is 0 Å². The van der Waals surface area contributed by atoms with Gasteiger partial charge in [0.15, 0.2) is 0 Å². The fourth-order valence-corrected chi connectivity index (χ4v) is 2.22. The minimum absolute atomic E-state index is 0.732. The molecule has 0 aliphatic heterocycles. The average molecular weight is 242 g/mol. The molecule has 0 atom stereocenters. The molecule has 0 saturated heterocycles. The van der Waals surface area contributed by atoms with Crippen LogP contribution in [-0.2, 0) is 12.3 Å². The molecule has 16 heavy (non-hydrogen) atoms. The quantitative estimate of drug-likeness (QED) is 0.745. The normalized spacial score (nSPS) is 11.3. The van der Waals surface area contributed by atoms with Crippen LogP contribution >= 0.6 is 11.8 Å². The maximum atomic E-state index is 5.83. The Balaban J connectivity index is 2.52. The summed E-state index contributed by atoms with van der Waals surface area (Å²) >= 11 is 1.83. The Morgan fingerprint density at radius 2 is 2.25 bits per heavy atom. The molecule has 0 spiro atoms. The van der Waals surface area contributed by atoms with Crippen LogP contribution < -0.4 is 5.73 Å². The maximum absolute atomic E-state index is 5.83. The lowest BCUT2D eigenvalue weighted by Gasteiger charge is -2.10. The molecule has 3 nitrogen and oxygen atoms in total. The third-order valence-electron chi connectivity index (χ3n) is 2.53. The summed E-state index contributed by atoms with van der Waals surface area (Å²) in [7, 11) is 2.10. The molecule has 2 N–H and O–H groups in total. The fourth-order valence-electron chi connectivity index (χ4n) is 1.44. The number of nitrogens with two attached hydrogens (primary N) is 1. The highest BCUT2D eigenvalue weighted by atomic mass is 32.2. The van der Waals surface area contributed by atoms with Gasteiger partial charge >= 0.3 is 0 Å². The van der Waals surface area contributed by atoms with Gasteiger partial charge in [0.2, 0.25) is 0 Å². The lowest BCUT2D eigenvalue weighted by atomic mass is 10.3. The molecule has 0 amide bonds. The van der Waals surface area contributed by atoms with Crippen LogP contribution in [0.3, 0.4) is 0 Å². The van der Waals surface area contributed by atoms with Gasteiger partial charge < -0.3 is 10.2 Å². The molecule has 0 unspecified atom stereocenters. The average Bonchev–Trinajstić information content (AvgIpc) is 2.59. The Kier molecular flexibility index (Phi) is 5.95. The predicted molar refractivity (Wildman–Crippen MR) is 70.7 cm³/mol. The summed E-state index contributed by atoms with van der Waals surface area (Å²) in [5, 5.41) is 0. The van der Waals surface area contributed by atoms with Gasteiger partial charge in [-0.05, 0) is 32.1 Å². The second kappa shape index (κ2) is 6.99. The zero-order chi connectivity index (χ0) is 12.0. The van der Waals surface area contributed by atoms with E-state index in [1.165, 1.54) is 5.56 Å². The molecule has 1 heterocycles. The Hall–Kier alpha value is -0.450. The van der Waals surface area contributed by atoms with Crippen molar-refractivity contribution in [2.45, 2.75) is 26.1 Å². The molecule has 4 heteroatoms. The van der Waals surface area contributed by atoms with Crippen LogP contribution in [0, 0.1) is 6.92 Å². The van der Waals surface area contributed by atoms with Crippen molar-refractivity contribution < 1.29 is 4.42 Å². The van der Waals surface area contributed by atoms with Gasteiger partial charge in [-0.2, -0.15) is 11.8 Å². The standard InChI is InChI=1S/C12H22N2OS/c1-4-14(3)8-11-7-10(2)12(15-11)9-16-6-5-13/h7H,4-6,8-9,13H2,1-3H3. The van der Waals surface area contributed by atoms with E-state index in [0.717, 1.165) is 42.7 Å². The Morgan fingerprint density at radius 3 is 2.88 bits per heavy atom. The van der Waals surface area contributed by atoms with Crippen molar-refractivity contribution in [3.63, 3.8) is 0 Å². The second-order valence-corrected chi connectivity index (χ2v) is 5.10. The van der Waals surface area contributed by atoms with Gasteiger partial charge in [0.1, 0.15) is 11.5 Å². The highest BCUT2D eigenvalue weighted by Crippen LogP contribution is 2.20. The second-order valence-electron chi connectivity index (χ2n) is 3.99. The van der Waals surface area contributed by atoms with Gasteiger partial charge in [0.25, 0.3) is 0 Å². The van der Waals surface area contributed by atoms with Crippen LogP contribution in [0.5, 0.6) is 0 Å². The molecule has 1 rings (SSSR count). The molecule has 0 aromatic carbocycles. The minimum atomic E-state index is 0.732. The minimum Gasteiger partial charge on any atom is -0.464 e. The third kappa shape index (κ3) is 4.20. The van der Waals surface area contributed by atoms with Gasteiger partial charge in [-0.25, -0.2) is 0 Å². The first kappa shape index (κ1) is 13.6. The van der Waals surface area contributed by atoms with E-state index in [-0.39, 0.29) is 0 Å². The van der Waals surface area contributed by atoms with Gasteiger partial charge in [0.05, 0.1) is 12.3 Å². The molecule has 0 aliphatic carbocycles. The van der Waals surface area contributed by atoms with Crippen molar-refractivity contribution in [3.05, 3.63) is 23.2 Å². The van der Waals surface area contributed by atoms with Crippen molar-refractivity contribution in [2.75, 3.05) is 25.9 Å². The molecule has 0 fully saturated rings. The van der Waals surface area contributed by atoms with Gasteiger partial charge in [0, 0.05) is 12.3 Å². The summed E-state index contributed by atoms with van der Waals surface area (Å²) in [6.45, 7) is 6.91. The maximum Gasteiger partial charge on any atom is 0.118 e. The highest BCUT2D eigenvalue weighted by Gasteiger charge is 2.08. The Bertz CT molecular complexity index is 312. The Morgan fingerprint density at radius 1 is 1.50 bits per heavy atom. The summed E-state index contributed by atoms with van der Waals surface area (Å²) < 4.78 is 5.83. The molecule has 0 saturated carbocycles. The summed E-state index contributed by atoms with van der Waals surface area (Å²) in [5.41, 5.74) is 6.72. The molecular weight excluding hydrogens is 220 g/mol. The van der Waals surface area contributed by atoms with Crippen molar-refractivity contribution in [2.24, 2.45) is 5.73 Å². The van der Waals surface area contributed by atoms with Crippen molar-refractivity contribution in [1.82, 2.24) is 4.90 Å². The lowest BCUT2D eigenvalue weighted by molar-refractivity contribution is 0.305. The van der Waals surface area contributed by atoms with Crippen LogP contribution in [0.25, 0.3) is 0 Å². The number of furan rings is 1. The summed E-state index contributed by atoms with van der Waals surface area (Å²) in [6.07, 6.45) is 0. The first-order valence-corrected chi connectivity index (χ1v) is 6.87. The van der Waals surface area contributed by atoms with Crippen LogP contribution in [0.4, 0.5) is 0 Å². The molecular formula is C12H22N2OS. The molecule has 92 valence electrons. The SMILES string of the molecule is CCN(C)Cc1cc(C)c(CSCCN)o1. The Labute approximate surface area is 102 Å². The van der Waals surface area contributed by atoms with Gasteiger partial charge in [-0.1, -0.05) is 6.92 Å². The smallest absolute Gasteiger partial charge is 0.118 e. The largest absolute Gasteiger partial charge is 0.464 e. The predicted octanol–water partition coefficient (Wildman–Crippen LogP) is 2.23. The van der Waals surface area contributed by atoms with Crippen molar-refractivity contribution in [3.8, 4) is 0 Å². The van der Waals surface area contributed by atoms with E-state index in [0.29, 0.717) is 0 Å². The van der Waals surface area contributed by atoms with E-state index < -0.39 is 0 Å². The summed E-state index contributed by atoms with van der Waals surface area (Å²) in [6, 6.07) is 2.14.